The van der Waals surface area contributed by atoms with E-state index in [1.165, 1.54) is 94.3 Å². The summed E-state index contributed by atoms with van der Waals surface area (Å²) < 4.78 is 15.1. The lowest BCUT2D eigenvalue weighted by molar-refractivity contribution is 0.668. The van der Waals surface area contributed by atoms with E-state index in [2.05, 4.69) is 221 Å². The molecule has 9 aromatic carbocycles. The number of aromatic nitrogens is 1. The second-order valence-corrected chi connectivity index (χ2v) is 20.0. The molecular formula is C66H50N2O2. The molecule has 4 nitrogen and oxygen atoms in total. The van der Waals surface area contributed by atoms with Crippen molar-refractivity contribution in [3.63, 3.8) is 0 Å². The first-order chi connectivity index (χ1) is 34.1. The van der Waals surface area contributed by atoms with Crippen LogP contribution in [0.3, 0.4) is 0 Å². The number of hydrogen-bond donors (Lipinski definition) is 0. The molecule has 0 saturated carbocycles. The van der Waals surface area contributed by atoms with Crippen molar-refractivity contribution in [2.75, 3.05) is 4.90 Å². The van der Waals surface area contributed by atoms with E-state index in [1.54, 1.807) is 0 Å². The van der Waals surface area contributed by atoms with Crippen molar-refractivity contribution >= 4 is 82.6 Å². The van der Waals surface area contributed by atoms with Gasteiger partial charge in [-0.2, -0.15) is 0 Å². The van der Waals surface area contributed by atoms with Gasteiger partial charge >= 0.3 is 0 Å². The molecule has 4 heteroatoms. The minimum atomic E-state index is 0.101. The Morgan fingerprint density at radius 3 is 1.67 bits per heavy atom. The van der Waals surface area contributed by atoms with E-state index in [9.17, 15) is 0 Å². The molecular weight excluding hydrogens is 853 g/mol. The second kappa shape index (κ2) is 15.1. The first-order valence-corrected chi connectivity index (χ1v) is 24.5. The predicted octanol–water partition coefficient (Wildman–Crippen LogP) is 18.0. The maximum Gasteiger partial charge on any atom is 0.135 e. The van der Waals surface area contributed by atoms with E-state index in [0.717, 1.165) is 60.8 Å². The molecule has 0 saturated heterocycles. The topological polar surface area (TPSA) is 34.5 Å². The van der Waals surface area contributed by atoms with Crippen LogP contribution in [0.4, 0.5) is 11.4 Å². The molecule has 14 rings (SSSR count). The number of para-hydroxylation sites is 2. The fourth-order valence-electron chi connectivity index (χ4n) is 12.7. The molecule has 1 aliphatic heterocycles. The molecule has 4 heterocycles. The van der Waals surface area contributed by atoms with Gasteiger partial charge < -0.3 is 18.3 Å². The first kappa shape index (κ1) is 40.7. The molecule has 70 heavy (non-hydrogen) atoms. The summed E-state index contributed by atoms with van der Waals surface area (Å²) in [7, 11) is 0. The van der Waals surface area contributed by atoms with Gasteiger partial charge in [0.25, 0.3) is 0 Å². The molecule has 2 aliphatic rings. The Hall–Kier alpha value is -8.34. The summed E-state index contributed by atoms with van der Waals surface area (Å²) in [5.41, 5.74) is 26.1. The summed E-state index contributed by atoms with van der Waals surface area (Å²) >= 11 is 0. The van der Waals surface area contributed by atoms with Crippen molar-refractivity contribution in [2.45, 2.75) is 53.5 Å². The Kier molecular flexibility index (Phi) is 8.77. The van der Waals surface area contributed by atoms with Crippen LogP contribution in [0.25, 0.3) is 99.2 Å². The fourth-order valence-corrected chi connectivity index (χ4v) is 12.7. The molecule has 0 radical (unpaired) electrons. The van der Waals surface area contributed by atoms with Crippen molar-refractivity contribution < 1.29 is 8.83 Å². The number of furan rings is 2. The molecule has 336 valence electrons. The smallest absolute Gasteiger partial charge is 0.135 e. The summed E-state index contributed by atoms with van der Waals surface area (Å²) in [5, 5.41) is 6.96. The Bertz CT molecular complexity index is 4240. The van der Waals surface area contributed by atoms with Crippen LogP contribution in [0.2, 0.25) is 0 Å². The van der Waals surface area contributed by atoms with Crippen molar-refractivity contribution in [2.24, 2.45) is 0 Å². The maximum atomic E-state index is 6.35. The van der Waals surface area contributed by atoms with Crippen LogP contribution >= 0.6 is 0 Å². The Morgan fingerprint density at radius 2 is 0.986 bits per heavy atom. The van der Waals surface area contributed by atoms with Gasteiger partial charge in [-0.3, -0.25) is 0 Å². The van der Waals surface area contributed by atoms with E-state index >= 15 is 0 Å². The van der Waals surface area contributed by atoms with Gasteiger partial charge in [0.1, 0.15) is 22.3 Å². The van der Waals surface area contributed by atoms with Crippen LogP contribution in [0.5, 0.6) is 0 Å². The molecule has 12 aromatic rings. The Balaban J connectivity index is 0.965. The zero-order valence-electron chi connectivity index (χ0n) is 40.2. The average molecular weight is 903 g/mol. The predicted molar refractivity (Wildman–Crippen MR) is 293 cm³/mol. The van der Waals surface area contributed by atoms with E-state index in [4.69, 9.17) is 8.83 Å². The van der Waals surface area contributed by atoms with Crippen LogP contribution in [0.1, 0.15) is 50.4 Å². The minimum Gasteiger partial charge on any atom is -0.456 e. The molecule has 3 aromatic heterocycles. The van der Waals surface area contributed by atoms with Crippen molar-refractivity contribution in [3.8, 4) is 27.9 Å². The number of rotatable bonds is 5. The number of benzene rings is 9. The van der Waals surface area contributed by atoms with E-state index in [0.29, 0.717) is 0 Å². The van der Waals surface area contributed by atoms with E-state index < -0.39 is 0 Å². The lowest BCUT2D eigenvalue weighted by Gasteiger charge is -2.30. The summed E-state index contributed by atoms with van der Waals surface area (Å²) in [4.78, 5) is 2.57. The van der Waals surface area contributed by atoms with Gasteiger partial charge in [0.2, 0.25) is 0 Å². The number of hydrogen-bond acceptors (Lipinski definition) is 3. The first-order valence-electron chi connectivity index (χ1n) is 24.5. The van der Waals surface area contributed by atoms with Gasteiger partial charge in [0, 0.05) is 55.3 Å². The number of fused-ring (bicyclic) bond motifs is 12. The number of nitrogens with zero attached hydrogens (tertiary/aromatic N) is 2. The third-order valence-corrected chi connectivity index (χ3v) is 15.4. The summed E-state index contributed by atoms with van der Waals surface area (Å²) in [5.74, 6) is 0.162. The summed E-state index contributed by atoms with van der Waals surface area (Å²) in [6.07, 6.45) is 7.33. The molecule has 0 amide bonds. The second-order valence-electron chi connectivity index (χ2n) is 20.0. The molecule has 1 aliphatic carbocycles. The largest absolute Gasteiger partial charge is 0.456 e. The van der Waals surface area contributed by atoms with Gasteiger partial charge in [-0.1, -0.05) is 120 Å². The average Bonchev–Trinajstić information content (AvgIpc) is 4.10. The van der Waals surface area contributed by atoms with Crippen molar-refractivity contribution in [1.29, 1.82) is 0 Å². The quantitative estimate of drug-likeness (QED) is 0.173. The zero-order chi connectivity index (χ0) is 47.1. The van der Waals surface area contributed by atoms with E-state index in [1.807, 2.05) is 12.1 Å². The molecule has 0 N–H and O–H groups in total. The monoisotopic (exact) mass is 902 g/mol. The van der Waals surface area contributed by atoms with Crippen LogP contribution < -0.4 is 4.90 Å². The van der Waals surface area contributed by atoms with Gasteiger partial charge in [-0.25, -0.2) is 0 Å². The standard InChI is InChI=1S/C66H50N2O2/c1-37-27-39(3)65(40(4)28-37)45-17-23-57-53(31-45)49-21-15-43(33-59(49)67(57)47-19-25-63-55(35-47)51-11-7-9-13-61(51)69-63)44-16-22-50-54-32-46(66-41(5)29-38(2)30-42(66)6)18-24-58(54)68(60(50)34-44)48-20-26-64-56(36-48)52-12-8-10-14-62(52)70-64/h7-36,53,57H,1-6H3. The van der Waals surface area contributed by atoms with Crippen LogP contribution in [0.15, 0.2) is 191 Å². The third-order valence-electron chi connectivity index (χ3n) is 15.4. The van der Waals surface area contributed by atoms with Gasteiger partial charge in [-0.15, -0.1) is 0 Å². The number of allylic oxidation sites excluding steroid dienone is 2. The van der Waals surface area contributed by atoms with Crippen LogP contribution in [0, 0.1) is 41.5 Å². The van der Waals surface area contributed by atoms with Gasteiger partial charge in [0.05, 0.1) is 17.1 Å². The number of aryl methyl sites for hydroxylation is 6. The normalized spacial score (nSPS) is 15.6. The highest BCUT2D eigenvalue weighted by molar-refractivity contribution is 6.13. The molecule has 2 unspecified atom stereocenters. The lowest BCUT2D eigenvalue weighted by atomic mass is 9.83. The molecule has 2 atom stereocenters. The van der Waals surface area contributed by atoms with Crippen molar-refractivity contribution in [3.05, 3.63) is 227 Å². The summed E-state index contributed by atoms with van der Waals surface area (Å²) in [6.45, 7) is 13.4. The highest BCUT2D eigenvalue weighted by atomic mass is 16.3. The Morgan fingerprint density at radius 1 is 0.414 bits per heavy atom. The fraction of sp³-hybridized carbons (Fsp3) is 0.121. The van der Waals surface area contributed by atoms with Crippen molar-refractivity contribution in [1.82, 2.24) is 4.57 Å². The minimum absolute atomic E-state index is 0.101. The van der Waals surface area contributed by atoms with Gasteiger partial charge in [-0.05, 0) is 176 Å². The van der Waals surface area contributed by atoms with Crippen LogP contribution in [-0.2, 0) is 0 Å². The molecule has 0 bridgehead atoms. The maximum absolute atomic E-state index is 6.35. The Labute approximate surface area is 407 Å². The summed E-state index contributed by atoms with van der Waals surface area (Å²) in [6, 6.07) is 60.7. The zero-order valence-corrected chi connectivity index (χ0v) is 40.2. The van der Waals surface area contributed by atoms with Crippen LogP contribution in [-0.4, -0.2) is 10.6 Å². The SMILES string of the molecule is Cc1cc(C)c(C2=CC3c4ccc(-c5ccc6c7cc(-c8c(C)cc(C)cc8C)ccc7n(-c7ccc8oc9ccccc9c8c7)c6c5)cc4N(c4ccc5oc6ccccc6c5c4)C3C=C2)c(C)c1. The van der Waals surface area contributed by atoms with Gasteiger partial charge in [0.15, 0.2) is 0 Å². The highest BCUT2D eigenvalue weighted by Crippen LogP contribution is 2.52. The number of anilines is 2. The molecule has 0 spiro atoms. The lowest BCUT2D eigenvalue weighted by Crippen LogP contribution is -2.29. The highest BCUT2D eigenvalue weighted by Gasteiger charge is 2.39. The molecule has 0 fully saturated rings. The third kappa shape index (κ3) is 6.09. The van der Waals surface area contributed by atoms with E-state index in [-0.39, 0.29) is 12.0 Å².